The van der Waals surface area contributed by atoms with Crippen LogP contribution in [-0.4, -0.2) is 34.5 Å². The molecule has 4 nitrogen and oxygen atoms in total. The van der Waals surface area contributed by atoms with Gasteiger partial charge in [-0.3, -0.25) is 0 Å². The zero-order chi connectivity index (χ0) is 9.90. The minimum Gasteiger partial charge on any atom is -0.479 e. The molecule has 1 aliphatic heterocycles. The Bertz CT molecular complexity index is 188. The number of epoxide rings is 1. The van der Waals surface area contributed by atoms with E-state index in [2.05, 4.69) is 0 Å². The smallest absolute Gasteiger partial charge is 0.335 e. The molecule has 0 aliphatic carbocycles. The summed E-state index contributed by atoms with van der Waals surface area (Å²) in [5.41, 5.74) is -1.57. The quantitative estimate of drug-likeness (QED) is 0.604. The maximum atomic E-state index is 10.8. The van der Waals surface area contributed by atoms with Crippen LogP contribution >= 0.6 is 0 Å². The van der Waals surface area contributed by atoms with Gasteiger partial charge in [-0.15, -0.1) is 0 Å². The summed E-state index contributed by atoms with van der Waals surface area (Å²) in [6.07, 6.45) is 2.12. The molecule has 1 rings (SSSR count). The van der Waals surface area contributed by atoms with E-state index < -0.39 is 11.6 Å². The van der Waals surface area contributed by atoms with Gasteiger partial charge < -0.3 is 14.9 Å². The first-order valence-corrected chi connectivity index (χ1v) is 4.66. The standard InChI is InChI=1S/C9H16O4/c1-2-3-4-9(12,8(10)11)5-7-6-13-7/h7,12H,2-6H2,1H3,(H,10,11). The molecule has 76 valence electrons. The van der Waals surface area contributed by atoms with Gasteiger partial charge in [-0.2, -0.15) is 0 Å². The maximum Gasteiger partial charge on any atom is 0.335 e. The van der Waals surface area contributed by atoms with E-state index in [1.165, 1.54) is 0 Å². The minimum absolute atomic E-state index is 0.0436. The SMILES string of the molecule is CCCCC(O)(CC1CO1)C(=O)O. The Hall–Kier alpha value is -0.610. The molecule has 0 aromatic carbocycles. The Balaban J connectivity index is 2.45. The molecule has 2 unspecified atom stereocenters. The Morgan fingerprint density at radius 2 is 2.31 bits per heavy atom. The third-order valence-electron chi connectivity index (χ3n) is 2.31. The molecule has 1 heterocycles. The summed E-state index contributed by atoms with van der Waals surface area (Å²) in [6, 6.07) is 0. The van der Waals surface area contributed by atoms with Crippen LogP contribution in [0, 0.1) is 0 Å². The van der Waals surface area contributed by atoms with Crippen LogP contribution in [0.1, 0.15) is 32.6 Å². The van der Waals surface area contributed by atoms with Crippen molar-refractivity contribution in [2.45, 2.75) is 44.3 Å². The van der Waals surface area contributed by atoms with Gasteiger partial charge in [0.1, 0.15) is 0 Å². The van der Waals surface area contributed by atoms with E-state index in [9.17, 15) is 9.90 Å². The van der Waals surface area contributed by atoms with E-state index >= 15 is 0 Å². The molecule has 0 aromatic heterocycles. The highest BCUT2D eigenvalue weighted by atomic mass is 16.6. The molecular weight excluding hydrogens is 172 g/mol. The third-order valence-corrected chi connectivity index (χ3v) is 2.31. The summed E-state index contributed by atoms with van der Waals surface area (Å²) >= 11 is 0. The van der Waals surface area contributed by atoms with E-state index in [0.717, 1.165) is 12.8 Å². The average molecular weight is 188 g/mol. The number of ether oxygens (including phenoxy) is 1. The Morgan fingerprint density at radius 3 is 2.69 bits per heavy atom. The van der Waals surface area contributed by atoms with Gasteiger partial charge in [0, 0.05) is 6.42 Å². The lowest BCUT2D eigenvalue weighted by Gasteiger charge is -2.21. The van der Waals surface area contributed by atoms with Gasteiger partial charge >= 0.3 is 5.97 Å². The number of hydrogen-bond acceptors (Lipinski definition) is 3. The van der Waals surface area contributed by atoms with E-state index in [1.54, 1.807) is 0 Å². The molecular formula is C9H16O4. The highest BCUT2D eigenvalue weighted by Crippen LogP contribution is 2.27. The number of carboxylic acids is 1. The first kappa shape index (κ1) is 10.5. The largest absolute Gasteiger partial charge is 0.479 e. The number of carbonyl (C=O) groups is 1. The molecule has 0 amide bonds. The van der Waals surface area contributed by atoms with Gasteiger partial charge in [-0.25, -0.2) is 4.79 Å². The fourth-order valence-electron chi connectivity index (χ4n) is 1.33. The van der Waals surface area contributed by atoms with Crippen molar-refractivity contribution in [3.05, 3.63) is 0 Å². The molecule has 2 N–H and O–H groups in total. The zero-order valence-electron chi connectivity index (χ0n) is 7.82. The van der Waals surface area contributed by atoms with E-state index in [1.807, 2.05) is 6.92 Å². The van der Waals surface area contributed by atoms with Crippen LogP contribution in [0.4, 0.5) is 0 Å². The molecule has 1 aliphatic rings. The number of aliphatic hydroxyl groups is 1. The van der Waals surface area contributed by atoms with E-state index in [-0.39, 0.29) is 12.5 Å². The van der Waals surface area contributed by atoms with Gasteiger partial charge in [-0.1, -0.05) is 19.8 Å². The van der Waals surface area contributed by atoms with Crippen molar-refractivity contribution in [1.82, 2.24) is 0 Å². The fourth-order valence-corrected chi connectivity index (χ4v) is 1.33. The molecule has 0 saturated carbocycles. The van der Waals surface area contributed by atoms with Crippen molar-refractivity contribution in [2.24, 2.45) is 0 Å². The highest BCUT2D eigenvalue weighted by Gasteiger charge is 2.41. The summed E-state index contributed by atoms with van der Waals surface area (Å²) in [4.78, 5) is 10.8. The van der Waals surface area contributed by atoms with Gasteiger partial charge in [0.25, 0.3) is 0 Å². The summed E-state index contributed by atoms with van der Waals surface area (Å²) in [5, 5.41) is 18.6. The van der Waals surface area contributed by atoms with Crippen molar-refractivity contribution in [3.8, 4) is 0 Å². The highest BCUT2D eigenvalue weighted by molar-refractivity contribution is 5.77. The second-order valence-corrected chi connectivity index (χ2v) is 3.60. The first-order valence-electron chi connectivity index (χ1n) is 4.66. The van der Waals surface area contributed by atoms with Crippen molar-refractivity contribution >= 4 is 5.97 Å². The molecule has 4 heteroatoms. The van der Waals surface area contributed by atoms with Crippen molar-refractivity contribution in [2.75, 3.05) is 6.61 Å². The van der Waals surface area contributed by atoms with Crippen LogP contribution in [0.5, 0.6) is 0 Å². The van der Waals surface area contributed by atoms with Crippen LogP contribution in [-0.2, 0) is 9.53 Å². The van der Waals surface area contributed by atoms with E-state index in [0.29, 0.717) is 13.0 Å². The average Bonchev–Trinajstić information content (AvgIpc) is 2.84. The number of hydrogen-bond donors (Lipinski definition) is 2. The zero-order valence-corrected chi connectivity index (χ0v) is 7.82. The second kappa shape index (κ2) is 4.07. The van der Waals surface area contributed by atoms with Gasteiger partial charge in [0.2, 0.25) is 0 Å². The van der Waals surface area contributed by atoms with Gasteiger partial charge in [0.05, 0.1) is 12.7 Å². The molecule has 1 saturated heterocycles. The van der Waals surface area contributed by atoms with Crippen LogP contribution in [0.15, 0.2) is 0 Å². The van der Waals surface area contributed by atoms with Crippen molar-refractivity contribution in [1.29, 1.82) is 0 Å². The predicted molar refractivity (Wildman–Crippen MR) is 46.5 cm³/mol. The summed E-state index contributed by atoms with van der Waals surface area (Å²) < 4.78 is 4.91. The Morgan fingerprint density at radius 1 is 1.69 bits per heavy atom. The molecule has 0 aromatic rings. The van der Waals surface area contributed by atoms with Crippen LogP contribution < -0.4 is 0 Å². The molecule has 1 fully saturated rings. The predicted octanol–water partition coefficient (Wildman–Crippen LogP) is 0.781. The monoisotopic (exact) mass is 188 g/mol. The molecule has 2 atom stereocenters. The summed E-state index contributed by atoms with van der Waals surface area (Å²) in [6.45, 7) is 2.55. The van der Waals surface area contributed by atoms with Crippen molar-refractivity contribution < 1.29 is 19.7 Å². The molecule has 0 spiro atoms. The summed E-state index contributed by atoms with van der Waals surface area (Å²) in [5.74, 6) is -1.13. The Kier molecular flexibility index (Phi) is 3.27. The minimum atomic E-state index is -1.57. The van der Waals surface area contributed by atoms with Crippen molar-refractivity contribution in [3.63, 3.8) is 0 Å². The van der Waals surface area contributed by atoms with Gasteiger partial charge in [-0.05, 0) is 6.42 Å². The lowest BCUT2D eigenvalue weighted by Crippen LogP contribution is -2.39. The third kappa shape index (κ3) is 2.97. The lowest BCUT2D eigenvalue weighted by molar-refractivity contribution is -0.160. The van der Waals surface area contributed by atoms with Gasteiger partial charge in [0.15, 0.2) is 5.60 Å². The lowest BCUT2D eigenvalue weighted by atomic mass is 9.92. The topological polar surface area (TPSA) is 70.1 Å². The number of aliphatic carboxylic acids is 1. The Labute approximate surface area is 77.5 Å². The number of unbranched alkanes of at least 4 members (excludes halogenated alkanes) is 1. The first-order chi connectivity index (χ1) is 6.08. The number of carboxylic acid groups (broad SMARTS) is 1. The molecule has 0 bridgehead atoms. The maximum absolute atomic E-state index is 10.8. The van der Waals surface area contributed by atoms with Crippen LogP contribution in [0.2, 0.25) is 0 Å². The normalized spacial score (nSPS) is 25.2. The van der Waals surface area contributed by atoms with Crippen LogP contribution in [0.3, 0.4) is 0 Å². The molecule has 13 heavy (non-hydrogen) atoms. The van der Waals surface area contributed by atoms with E-state index in [4.69, 9.17) is 9.84 Å². The fraction of sp³-hybridized carbons (Fsp3) is 0.889. The second-order valence-electron chi connectivity index (χ2n) is 3.60. The summed E-state index contributed by atoms with van der Waals surface area (Å²) in [7, 11) is 0. The van der Waals surface area contributed by atoms with Crippen LogP contribution in [0.25, 0.3) is 0 Å². The number of rotatable bonds is 6. The molecule has 0 radical (unpaired) electrons.